The summed E-state index contributed by atoms with van der Waals surface area (Å²) < 4.78 is 35.6. The number of rotatable bonds is 37. The van der Waals surface area contributed by atoms with Crippen LogP contribution in [0.4, 0.5) is 4.79 Å². The first-order valence-corrected chi connectivity index (χ1v) is 41.2. The van der Waals surface area contributed by atoms with Gasteiger partial charge in [-0.15, -0.1) is 0 Å². The van der Waals surface area contributed by atoms with E-state index < -0.39 is 96.5 Å². The van der Waals surface area contributed by atoms with Crippen molar-refractivity contribution < 1.29 is 81.2 Å². The number of hydrogen-bond acceptors (Lipinski definition) is 18. The summed E-state index contributed by atoms with van der Waals surface area (Å²) in [6, 6.07) is 12.1. The summed E-state index contributed by atoms with van der Waals surface area (Å²) in [5.74, 6) is -4.63. The fourth-order valence-corrected chi connectivity index (χ4v) is 14.2. The van der Waals surface area contributed by atoms with Crippen molar-refractivity contribution >= 4 is 87.2 Å². The van der Waals surface area contributed by atoms with E-state index in [9.17, 15) is 52.7 Å². The van der Waals surface area contributed by atoms with Crippen molar-refractivity contribution in [3.05, 3.63) is 94.6 Å². The maximum atomic E-state index is 14.4. The van der Waals surface area contributed by atoms with Gasteiger partial charge in [0.15, 0.2) is 6.10 Å². The quantitative estimate of drug-likeness (QED) is 0.00705. The van der Waals surface area contributed by atoms with E-state index in [0.29, 0.717) is 109 Å². The van der Waals surface area contributed by atoms with Crippen LogP contribution in [0.5, 0.6) is 0 Å². The molecule has 3 aliphatic rings. The summed E-state index contributed by atoms with van der Waals surface area (Å²) in [7, 11) is 2.89. The van der Waals surface area contributed by atoms with Crippen LogP contribution in [0.2, 0.25) is 4.28 Å². The van der Waals surface area contributed by atoms with Gasteiger partial charge in [-0.05, 0) is 120 Å². The Hall–Kier alpha value is -7.87. The smallest absolute Gasteiger partial charge is 0.407 e. The van der Waals surface area contributed by atoms with E-state index in [1.54, 1.807) is 56.3 Å². The normalized spacial score (nSPS) is 23.6. The summed E-state index contributed by atoms with van der Waals surface area (Å²) in [4.78, 5) is 154. The number of nitrogens with zero attached hydrogens (tertiary/aromatic N) is 4. The van der Waals surface area contributed by atoms with Gasteiger partial charge < -0.3 is 64.8 Å². The molecule has 0 spiro atoms. The number of likely N-dealkylation sites (N-methyl/N-ethyl adjacent to an activating group) is 2. The lowest BCUT2D eigenvalue weighted by Gasteiger charge is -2.33. The molecule has 5 rings (SSSR count). The van der Waals surface area contributed by atoms with E-state index in [1.807, 2.05) is 72.7 Å². The van der Waals surface area contributed by atoms with Gasteiger partial charge in [0.25, 0.3) is 11.8 Å². The molecule has 111 heavy (non-hydrogen) atoms. The zero-order valence-electron chi connectivity index (χ0n) is 68.8. The molecular weight excluding hydrogens is 1440 g/mol. The maximum Gasteiger partial charge on any atom is 0.407 e. The zero-order valence-corrected chi connectivity index (χ0v) is 70.8. The molecule has 1 saturated heterocycles. The number of allylic oxidation sites excluding steroid dienone is 1. The summed E-state index contributed by atoms with van der Waals surface area (Å²) in [5, 5.41) is 18.5. The third kappa shape index (κ3) is 33.0. The van der Waals surface area contributed by atoms with Crippen molar-refractivity contribution in [1.82, 2.24) is 46.7 Å². The second kappa shape index (κ2) is 48.9. The van der Waals surface area contributed by atoms with Crippen LogP contribution < -0.4 is 32.0 Å². The molecule has 0 aromatic heterocycles. The molecule has 3 unspecified atom stereocenters. The number of ether oxygens (including phenoxy) is 6. The number of hydrogen-bond donors (Lipinski definition) is 6. The maximum absolute atomic E-state index is 14.4. The number of imide groups is 1. The summed E-state index contributed by atoms with van der Waals surface area (Å²) in [5.41, 5.74) is 6.07. The highest BCUT2D eigenvalue weighted by Gasteiger charge is 2.46. The number of carbonyl (C=O) groups excluding carboxylic acids is 11. The number of esters is 1. The molecule has 1 saturated carbocycles. The number of carbonyl (C=O) groups is 11. The summed E-state index contributed by atoms with van der Waals surface area (Å²) in [6.07, 6.45) is 11.5. The fourth-order valence-electron chi connectivity index (χ4n) is 13.4. The second-order valence-corrected chi connectivity index (χ2v) is 33.6. The average Bonchev–Trinajstić information content (AvgIpc) is 1.67. The Balaban J connectivity index is 1.04. The van der Waals surface area contributed by atoms with Crippen LogP contribution in [0.25, 0.3) is 0 Å². The van der Waals surface area contributed by atoms with Crippen LogP contribution in [0, 0.1) is 29.6 Å². The first-order chi connectivity index (χ1) is 52.8. The molecule has 616 valence electrons. The van der Waals surface area contributed by atoms with Crippen LogP contribution in [-0.2, 0) is 78.0 Å². The highest BCUT2D eigenvalue weighted by Crippen LogP contribution is 2.44. The minimum atomic E-state index is -1.32. The number of cyclic esters (lactones) is 1. The monoisotopic (exact) mass is 1560 g/mol. The molecule has 11 atom stereocenters. The molecule has 28 heteroatoms. The SMILES string of the molecule is C/C=C(\C)[C@H]1OC[C@@H](C)NC(=O)[C@H](C(C)CC)NC(=O)CN(C)C(=O)[C@@H](Cc2ccccc2)N(C)C(=O)[C@H](C)NC(=O)[C@@H](CC(C)C)OC(=O)/C(C)=C/C[C@H](OC(=O)NCCCOCCOCCOCCCNC(=O)c2ccc(/C(C)=N/NC(=O)CCCCCN3C(=O)CC([C](C)([AlH2])CCCCC4CC4)C3=O)cc2)[C@@H]1C. The highest BCUT2D eigenvalue weighted by atomic mass is 27.0. The Labute approximate surface area is 666 Å². The Morgan fingerprint density at radius 1 is 0.766 bits per heavy atom. The Kier molecular flexibility index (Phi) is 41.3. The van der Waals surface area contributed by atoms with Gasteiger partial charge in [-0.2, -0.15) is 5.10 Å². The van der Waals surface area contributed by atoms with Crippen molar-refractivity contribution in [2.45, 2.75) is 239 Å². The molecule has 0 bridgehead atoms. The molecule has 10 amide bonds. The molecule has 2 aromatic rings. The topological polar surface area (TPSA) is 337 Å². The molecule has 6 N–H and O–H groups in total. The molecule has 2 heterocycles. The van der Waals surface area contributed by atoms with E-state index >= 15 is 0 Å². The van der Waals surface area contributed by atoms with Gasteiger partial charge in [0.05, 0.1) is 51.4 Å². The summed E-state index contributed by atoms with van der Waals surface area (Å²) >= 11 is 0.871. The first-order valence-electron chi connectivity index (χ1n) is 40.2. The molecule has 2 aromatic carbocycles. The molecular formula is C83H129AlN10O17. The number of nitrogens with one attached hydrogen (secondary N) is 6. The Bertz CT molecular complexity index is 3440. The molecule has 1 aliphatic carbocycles. The van der Waals surface area contributed by atoms with Crippen LogP contribution in [-0.4, -0.2) is 231 Å². The molecule has 2 aliphatic heterocycles. The van der Waals surface area contributed by atoms with E-state index in [0.717, 1.165) is 51.7 Å². The largest absolute Gasteiger partial charge is 0.449 e. The first kappa shape index (κ1) is 93.7. The molecule has 27 nitrogen and oxygen atoms in total. The minimum Gasteiger partial charge on any atom is -0.449 e. The Morgan fingerprint density at radius 2 is 1.41 bits per heavy atom. The molecule has 0 radical (unpaired) electrons. The second-order valence-electron chi connectivity index (χ2n) is 31.3. The van der Waals surface area contributed by atoms with Crippen molar-refractivity contribution in [2.24, 2.45) is 34.7 Å². The highest BCUT2D eigenvalue weighted by molar-refractivity contribution is 6.19. The minimum absolute atomic E-state index is 0.00541. The average molecular weight is 1570 g/mol. The fraction of sp³-hybridized carbons (Fsp3) is 0.663. The van der Waals surface area contributed by atoms with Gasteiger partial charge in [0.1, 0.15) is 24.2 Å². The lowest BCUT2D eigenvalue weighted by molar-refractivity contribution is -0.154. The van der Waals surface area contributed by atoms with E-state index in [2.05, 4.69) is 44.0 Å². The van der Waals surface area contributed by atoms with Gasteiger partial charge in [-0.25, -0.2) is 15.0 Å². The van der Waals surface area contributed by atoms with Crippen molar-refractivity contribution in [3.8, 4) is 0 Å². The number of hydrazone groups is 1. The third-order valence-electron chi connectivity index (χ3n) is 21.0. The zero-order chi connectivity index (χ0) is 81.7. The van der Waals surface area contributed by atoms with Crippen LogP contribution >= 0.6 is 0 Å². The van der Waals surface area contributed by atoms with Crippen molar-refractivity contribution in [2.75, 3.05) is 86.5 Å². The van der Waals surface area contributed by atoms with Crippen LogP contribution in [0.1, 0.15) is 207 Å². The van der Waals surface area contributed by atoms with Gasteiger partial charge in [0.2, 0.25) is 57.6 Å². The van der Waals surface area contributed by atoms with E-state index in [-0.39, 0.29) is 90.1 Å². The van der Waals surface area contributed by atoms with Crippen molar-refractivity contribution in [1.29, 1.82) is 0 Å². The van der Waals surface area contributed by atoms with Gasteiger partial charge in [-0.1, -0.05) is 152 Å². The van der Waals surface area contributed by atoms with Gasteiger partial charge in [-0.3, -0.25) is 48.1 Å². The predicted octanol–water partition coefficient (Wildman–Crippen LogP) is 8.26. The van der Waals surface area contributed by atoms with Crippen molar-refractivity contribution in [3.63, 3.8) is 0 Å². The number of benzene rings is 2. The standard InChI is InChI=1S/C83H127N10O17.Al.2H/c1-15-55(5)74-78(99)86-59(9)53-108-75(56(6)16-2)60(10)69(39-32-58(8)82(103)109-70(49-54(3)4)77(98)87-62(12)79(100)92(14)68(50-64-29-19-17-20-30-64)81(102)91(13)52-72(95)88-74)110-83(104)85-41-26-44-106-46-48-107-47-45-105-43-25-40-84-76(97)66-37-35-65(36-38-66)61(11)89-90-71(94)31-21-18-24-42-93-73(96)51-67(80(93)101)57(7)27-22-23-28-63-33-34-63;;;/h16-17,19-20,29-30,32,35-38,54-55,59-60,62-63,67-70,74-75H,15,18,21-28,31,33-34,39-53H2,1-14H3,(H,84,97)(H,85,104)(H,86,99)(H,87,98)(H,88,95)(H,90,94);;;/b56-16+,58-32+,89-61+;;;/t55?,59-,60+,62+,67?,68-,69+,70-,74+,75-;;;/m1.../s1. The lowest BCUT2D eigenvalue weighted by Crippen LogP contribution is -2.57. The predicted molar refractivity (Wildman–Crippen MR) is 427 cm³/mol. The number of likely N-dealkylation sites (tertiary alicyclic amines) is 1. The van der Waals surface area contributed by atoms with Crippen LogP contribution in [0.15, 0.2) is 83.0 Å². The number of unbranched alkanes of at least 4 members (excludes halogenated alkanes) is 3. The lowest BCUT2D eigenvalue weighted by atomic mass is 9.86. The van der Waals surface area contributed by atoms with E-state index in [4.69, 9.17) is 28.4 Å². The van der Waals surface area contributed by atoms with Gasteiger partial charge in [0, 0.05) is 102 Å². The van der Waals surface area contributed by atoms with Crippen LogP contribution in [0.3, 0.4) is 0 Å². The Morgan fingerprint density at radius 3 is 2.04 bits per heavy atom. The number of amides is 10. The summed E-state index contributed by atoms with van der Waals surface area (Å²) in [6.45, 7) is 24.3. The molecule has 2 fully saturated rings. The van der Waals surface area contributed by atoms with Gasteiger partial charge >= 0.3 is 12.1 Å². The number of alkyl carbamates (subject to hydrolysis) is 1. The third-order valence-corrected chi connectivity index (χ3v) is 22.2. The van der Waals surface area contributed by atoms with E-state index in [1.165, 1.54) is 68.3 Å².